The number of hydrogen-bond donors (Lipinski definition) is 11. The maximum absolute atomic E-state index is 13.5. The third-order valence-corrected chi connectivity index (χ3v) is 18.8. The molecule has 3 aliphatic rings. The van der Waals surface area contributed by atoms with Gasteiger partial charge in [0.1, 0.15) is 85.6 Å². The molecule has 27 nitrogen and oxygen atoms in total. The first-order valence-corrected chi connectivity index (χ1v) is 37.7. The summed E-state index contributed by atoms with van der Waals surface area (Å²) in [6.45, 7) is 0.772. The Hall–Kier alpha value is -2.97. The fraction of sp³-hybridized carbons (Fsp3) is 0.884. The van der Waals surface area contributed by atoms with Crippen LogP contribution in [0.5, 0.6) is 0 Å². The summed E-state index contributed by atoms with van der Waals surface area (Å²) in [5, 5.41) is 107. The number of esters is 2. The number of phosphoric ester groups is 1. The molecule has 3 saturated heterocycles. The highest BCUT2D eigenvalue weighted by Crippen LogP contribution is 2.49. The number of nitrogens with one attached hydrogen (secondary N) is 1. The van der Waals surface area contributed by atoms with E-state index >= 15 is 0 Å². The molecule has 97 heavy (non-hydrogen) atoms. The number of ether oxygens (including phenoxy) is 8. The Kier molecular flexibility index (Phi) is 48.9. The van der Waals surface area contributed by atoms with E-state index in [4.69, 9.17) is 51.5 Å². The van der Waals surface area contributed by atoms with E-state index < -0.39 is 144 Å². The SMILES string of the molecule is CCCCCCCC/C=C\CCCCCCCC(=O)OC[C@@H](COP(=O)(OC)OCCCC(=O)CCCCC(=O)NCCO[C@@H]1OC(CO)[C@@H](O[C@@H]2OC(CO)[C@H](O[C@H]3OC(CO)[C@H](O)[C@H](O)C3O)[C@H](O)C2O)[C@H](O)C1O)OC(=O)CCCCCCC/C=C\CCCCCCCC. The molecule has 11 N–H and O–H groups in total. The van der Waals surface area contributed by atoms with Gasteiger partial charge in [-0.3, -0.25) is 32.7 Å². The first-order chi connectivity index (χ1) is 46.9. The van der Waals surface area contributed by atoms with Crippen molar-refractivity contribution >= 4 is 31.5 Å². The van der Waals surface area contributed by atoms with Gasteiger partial charge in [-0.1, -0.05) is 141 Å². The molecule has 566 valence electrons. The highest BCUT2D eigenvalue weighted by molar-refractivity contribution is 7.48. The lowest BCUT2D eigenvalue weighted by Gasteiger charge is -2.48. The lowest BCUT2D eigenvalue weighted by atomic mass is 9.96. The van der Waals surface area contributed by atoms with Crippen LogP contribution in [-0.4, -0.2) is 233 Å². The summed E-state index contributed by atoms with van der Waals surface area (Å²) in [5.41, 5.74) is 0. The fourth-order valence-electron chi connectivity index (χ4n) is 11.4. The number of rotatable bonds is 58. The van der Waals surface area contributed by atoms with Gasteiger partial charge in [0.2, 0.25) is 5.91 Å². The van der Waals surface area contributed by atoms with Crippen LogP contribution in [0.2, 0.25) is 0 Å². The summed E-state index contributed by atoms with van der Waals surface area (Å²) >= 11 is 0. The Morgan fingerprint density at radius 2 is 0.876 bits per heavy atom. The Bertz CT molecular complexity index is 2160. The molecule has 0 aromatic carbocycles. The van der Waals surface area contributed by atoms with Crippen LogP contribution in [0.1, 0.15) is 232 Å². The number of Topliss-reactive ketones (excluding diaryl/α,β-unsaturated/α-hetero) is 1. The zero-order valence-corrected chi connectivity index (χ0v) is 59.1. The number of phosphoric acid groups is 1. The van der Waals surface area contributed by atoms with Crippen molar-refractivity contribution in [2.75, 3.05) is 59.9 Å². The van der Waals surface area contributed by atoms with E-state index in [1.165, 1.54) is 77.0 Å². The maximum Gasteiger partial charge on any atom is 0.474 e. The first kappa shape index (κ1) is 88.2. The van der Waals surface area contributed by atoms with E-state index in [0.29, 0.717) is 25.7 Å². The van der Waals surface area contributed by atoms with Crippen molar-refractivity contribution in [3.05, 3.63) is 24.3 Å². The second-order valence-electron chi connectivity index (χ2n) is 25.6. The van der Waals surface area contributed by atoms with Crippen molar-refractivity contribution < 1.29 is 126 Å². The van der Waals surface area contributed by atoms with Gasteiger partial charge in [-0.05, 0) is 83.5 Å². The van der Waals surface area contributed by atoms with Gasteiger partial charge in [-0.2, -0.15) is 0 Å². The van der Waals surface area contributed by atoms with Gasteiger partial charge in [0, 0.05) is 45.8 Å². The average Bonchev–Trinajstić information content (AvgIpc) is 0.800. The van der Waals surface area contributed by atoms with Gasteiger partial charge in [-0.15, -0.1) is 0 Å². The number of amides is 1. The van der Waals surface area contributed by atoms with Gasteiger partial charge in [0.05, 0.1) is 39.6 Å². The van der Waals surface area contributed by atoms with E-state index in [-0.39, 0.29) is 76.6 Å². The number of carbonyl (C=O) groups is 4. The van der Waals surface area contributed by atoms with Crippen molar-refractivity contribution in [3.8, 4) is 0 Å². The summed E-state index contributed by atoms with van der Waals surface area (Å²) in [5.74, 6) is -1.44. The molecule has 0 bridgehead atoms. The van der Waals surface area contributed by atoms with Crippen LogP contribution in [0.25, 0.3) is 0 Å². The highest BCUT2D eigenvalue weighted by Gasteiger charge is 2.53. The Labute approximate surface area is 575 Å². The molecule has 0 radical (unpaired) electrons. The normalized spacial score (nSPS) is 27.1. The summed E-state index contributed by atoms with van der Waals surface area (Å²) in [6.07, 6.45) is 13.0. The van der Waals surface area contributed by atoms with Crippen molar-refractivity contribution in [2.24, 2.45) is 0 Å². The first-order valence-electron chi connectivity index (χ1n) is 36.2. The highest BCUT2D eigenvalue weighted by atomic mass is 31.2. The molecule has 3 rings (SSSR count). The maximum atomic E-state index is 13.5. The second-order valence-corrected chi connectivity index (χ2v) is 27.4. The largest absolute Gasteiger partial charge is 0.474 e. The fourth-order valence-corrected chi connectivity index (χ4v) is 12.4. The minimum Gasteiger partial charge on any atom is -0.462 e. The van der Waals surface area contributed by atoms with Crippen LogP contribution < -0.4 is 5.32 Å². The molecule has 0 aromatic heterocycles. The van der Waals surface area contributed by atoms with Crippen LogP contribution in [0.15, 0.2) is 24.3 Å². The average molecular weight is 1410 g/mol. The van der Waals surface area contributed by atoms with Gasteiger partial charge in [0.25, 0.3) is 0 Å². The predicted octanol–water partition coefficient (Wildman–Crippen LogP) is 6.79. The van der Waals surface area contributed by atoms with Crippen LogP contribution in [-0.2, 0) is 75.2 Å². The van der Waals surface area contributed by atoms with Crippen molar-refractivity contribution in [2.45, 2.75) is 330 Å². The van der Waals surface area contributed by atoms with Crippen LogP contribution in [0.4, 0.5) is 0 Å². The van der Waals surface area contributed by atoms with Gasteiger partial charge in [-0.25, -0.2) is 4.57 Å². The lowest BCUT2D eigenvalue weighted by molar-refractivity contribution is -0.379. The minimum absolute atomic E-state index is 0.0597. The number of aliphatic hydroxyl groups is 10. The monoisotopic (exact) mass is 1410 g/mol. The summed E-state index contributed by atoms with van der Waals surface area (Å²) < 4.78 is 74.3. The lowest BCUT2D eigenvalue weighted by Crippen LogP contribution is -2.66. The molecule has 0 aliphatic carbocycles. The number of aliphatic hydroxyl groups excluding tert-OH is 10. The molecular formula is C69H124NO26P. The summed E-state index contributed by atoms with van der Waals surface area (Å²) in [4.78, 5) is 51.2. The van der Waals surface area contributed by atoms with Crippen molar-refractivity contribution in [1.29, 1.82) is 0 Å². The quantitative estimate of drug-likeness (QED) is 0.0129. The van der Waals surface area contributed by atoms with Crippen LogP contribution in [0, 0.1) is 0 Å². The predicted molar refractivity (Wildman–Crippen MR) is 357 cm³/mol. The minimum atomic E-state index is -4.20. The molecule has 0 saturated carbocycles. The van der Waals surface area contributed by atoms with Crippen LogP contribution >= 0.6 is 7.82 Å². The molecule has 7 unspecified atom stereocenters. The molecule has 17 atom stereocenters. The zero-order valence-electron chi connectivity index (χ0n) is 58.2. The molecule has 28 heteroatoms. The topological polar surface area (TPSA) is 401 Å². The third-order valence-electron chi connectivity index (χ3n) is 17.4. The van der Waals surface area contributed by atoms with Gasteiger partial charge < -0.3 is 94.3 Å². The Balaban J connectivity index is 1.35. The molecule has 1 amide bonds. The number of unbranched alkanes of at least 4 members (excludes halogenated alkanes) is 23. The molecule has 3 fully saturated rings. The molecule has 0 spiro atoms. The number of allylic oxidation sites excluding steroid dienone is 4. The Morgan fingerprint density at radius 1 is 0.454 bits per heavy atom. The van der Waals surface area contributed by atoms with Crippen molar-refractivity contribution in [3.63, 3.8) is 0 Å². The number of carbonyl (C=O) groups excluding carboxylic acids is 4. The third kappa shape index (κ3) is 36.7. The Morgan fingerprint density at radius 3 is 1.38 bits per heavy atom. The molecular weight excluding hydrogens is 1290 g/mol. The van der Waals surface area contributed by atoms with E-state index in [2.05, 4.69) is 43.5 Å². The van der Waals surface area contributed by atoms with Crippen molar-refractivity contribution in [1.82, 2.24) is 5.32 Å². The smallest absolute Gasteiger partial charge is 0.462 e. The van der Waals surface area contributed by atoms with Crippen LogP contribution in [0.3, 0.4) is 0 Å². The van der Waals surface area contributed by atoms with E-state index in [0.717, 1.165) is 84.2 Å². The standard InChI is InChI=1S/C69H124NO26P/c1-4-6-8-10-12-14-16-18-20-22-24-26-28-30-32-40-56(76)88-48-51(91-57(77)41-33-31-29-27-25-23-21-19-17-15-13-11-9-7-5-2)49-90-97(85,86-3)89-43-36-38-50(74)37-34-35-39-55(75)70-42-44-87-67-63(83)60(80)65(53(46-72)93-67)96-69-64(84)61(81)66(54(47-73)94-69)95-68-62(82)59(79)58(78)52(45-71)92-68/h18-21,51-54,58-69,71-73,78-84H,4-17,22-49H2,1-3H3,(H,70,75)/b20-18-,21-19-/t51-,52?,53?,54?,58-,59-,60+,61+,62?,63?,64?,65+,66-,67+,68+,69-,97?/m0/s1. The van der Waals surface area contributed by atoms with E-state index in [1.807, 2.05) is 0 Å². The summed E-state index contributed by atoms with van der Waals surface area (Å²) in [6, 6.07) is 0. The van der Waals surface area contributed by atoms with E-state index in [9.17, 15) is 74.8 Å². The molecule has 0 aromatic rings. The number of ketones is 1. The number of hydrogen-bond acceptors (Lipinski definition) is 26. The van der Waals surface area contributed by atoms with Gasteiger partial charge >= 0.3 is 19.8 Å². The molecule has 3 heterocycles. The zero-order chi connectivity index (χ0) is 71.1. The second kappa shape index (κ2) is 53.8. The summed E-state index contributed by atoms with van der Waals surface area (Å²) in [7, 11) is -3.06. The van der Waals surface area contributed by atoms with E-state index in [1.54, 1.807) is 0 Å². The van der Waals surface area contributed by atoms with Gasteiger partial charge in [0.15, 0.2) is 25.0 Å². The molecule has 3 aliphatic heterocycles.